The predicted molar refractivity (Wildman–Crippen MR) is 43.2 cm³/mol. The lowest BCUT2D eigenvalue weighted by molar-refractivity contribution is 1.12. The molecular formula is C4H14N2SSi. The highest BCUT2D eigenvalue weighted by atomic mass is 32.2. The van der Waals surface area contributed by atoms with E-state index in [0.29, 0.717) is 0 Å². The molecule has 0 rings (SSSR count). The van der Waals surface area contributed by atoms with Gasteiger partial charge in [-0.3, -0.25) is 4.39 Å². The van der Waals surface area contributed by atoms with Gasteiger partial charge in [-0.15, -0.1) is 0 Å². The van der Waals surface area contributed by atoms with Gasteiger partial charge in [-0.05, 0) is 26.4 Å². The van der Waals surface area contributed by atoms with Crippen molar-refractivity contribution in [3.8, 4) is 0 Å². The second-order valence-electron chi connectivity index (χ2n) is 2.18. The predicted octanol–water partition coefficient (Wildman–Crippen LogP) is 0.775. The van der Waals surface area contributed by atoms with E-state index in [1.54, 1.807) is 11.9 Å². The Morgan fingerprint density at radius 2 is 1.88 bits per heavy atom. The standard InChI is InChI=1S/C4H14N2SSi/c1-5-8(3,4)6-7-2/h5-6H,1-4H3. The lowest BCUT2D eigenvalue weighted by atomic mass is 11.6. The van der Waals surface area contributed by atoms with Gasteiger partial charge in [-0.2, -0.15) is 0 Å². The fourth-order valence-electron chi connectivity index (χ4n) is 0.306. The Hall–Kier alpha value is 0.487. The lowest BCUT2D eigenvalue weighted by Gasteiger charge is -2.19. The van der Waals surface area contributed by atoms with Crippen LogP contribution in [0.5, 0.6) is 0 Å². The minimum absolute atomic E-state index is 1.21. The van der Waals surface area contributed by atoms with Crippen LogP contribution in [-0.4, -0.2) is 21.7 Å². The van der Waals surface area contributed by atoms with E-state index in [1.165, 1.54) is 0 Å². The summed E-state index contributed by atoms with van der Waals surface area (Å²) in [6.45, 7) is 4.45. The summed E-state index contributed by atoms with van der Waals surface area (Å²) in [4.78, 5) is 3.25. The second kappa shape index (κ2) is 3.50. The fourth-order valence-corrected chi connectivity index (χ4v) is 2.76. The summed E-state index contributed by atoms with van der Waals surface area (Å²) >= 11 is 1.68. The zero-order valence-electron chi connectivity index (χ0n) is 5.91. The minimum Gasteiger partial charge on any atom is -0.328 e. The molecule has 0 unspecified atom stereocenters. The van der Waals surface area contributed by atoms with Crippen LogP contribution in [0.4, 0.5) is 0 Å². The highest BCUT2D eigenvalue weighted by Gasteiger charge is 2.15. The Balaban J connectivity index is 3.37. The van der Waals surface area contributed by atoms with Crippen molar-refractivity contribution in [1.82, 2.24) is 9.37 Å². The number of hydrogen-bond donors (Lipinski definition) is 2. The summed E-state index contributed by atoms with van der Waals surface area (Å²) in [6.07, 6.45) is 2.05. The molecule has 0 aliphatic rings. The van der Waals surface area contributed by atoms with Gasteiger partial charge in [0, 0.05) is 0 Å². The van der Waals surface area contributed by atoms with Crippen molar-refractivity contribution in [2.75, 3.05) is 13.3 Å². The first kappa shape index (κ1) is 8.49. The smallest absolute Gasteiger partial charge is 0.204 e. The molecule has 0 aromatic carbocycles. The third-order valence-corrected chi connectivity index (χ3v) is 5.09. The summed E-state index contributed by atoms with van der Waals surface area (Å²) in [5.41, 5.74) is 0. The van der Waals surface area contributed by atoms with Gasteiger partial charge in [0.15, 0.2) is 0 Å². The third kappa shape index (κ3) is 3.48. The SMILES string of the molecule is CN[Si](C)(C)NSC. The molecule has 0 spiro atoms. The minimum atomic E-state index is -1.21. The average Bonchev–Trinajstić information content (AvgIpc) is 1.67. The zero-order valence-corrected chi connectivity index (χ0v) is 7.72. The van der Waals surface area contributed by atoms with E-state index in [2.05, 4.69) is 22.5 Å². The zero-order chi connectivity index (χ0) is 6.62. The first-order valence-electron chi connectivity index (χ1n) is 2.61. The van der Waals surface area contributed by atoms with Crippen molar-refractivity contribution in [3.05, 3.63) is 0 Å². The molecule has 0 amide bonds. The summed E-state index contributed by atoms with van der Waals surface area (Å²) in [5.74, 6) is 0. The topological polar surface area (TPSA) is 24.1 Å². The summed E-state index contributed by atoms with van der Waals surface area (Å²) < 4.78 is 3.32. The van der Waals surface area contributed by atoms with E-state index in [0.717, 1.165) is 0 Å². The molecule has 2 nitrogen and oxygen atoms in total. The highest BCUT2D eigenvalue weighted by molar-refractivity contribution is 7.98. The van der Waals surface area contributed by atoms with E-state index in [4.69, 9.17) is 0 Å². The van der Waals surface area contributed by atoms with Crippen LogP contribution in [0.3, 0.4) is 0 Å². The third-order valence-electron chi connectivity index (χ3n) is 0.982. The van der Waals surface area contributed by atoms with Gasteiger partial charge in [-0.1, -0.05) is 11.9 Å². The van der Waals surface area contributed by atoms with Crippen LogP contribution in [0.1, 0.15) is 0 Å². The molecule has 0 atom stereocenters. The molecule has 0 heterocycles. The van der Waals surface area contributed by atoms with Crippen LogP contribution in [0.25, 0.3) is 0 Å². The number of rotatable bonds is 3. The van der Waals surface area contributed by atoms with E-state index >= 15 is 0 Å². The summed E-state index contributed by atoms with van der Waals surface area (Å²) in [6, 6.07) is 0. The van der Waals surface area contributed by atoms with E-state index < -0.39 is 8.40 Å². The van der Waals surface area contributed by atoms with Gasteiger partial charge >= 0.3 is 0 Å². The fraction of sp³-hybridized carbons (Fsp3) is 1.00. The van der Waals surface area contributed by atoms with E-state index in [9.17, 15) is 0 Å². The normalized spacial score (nSPS) is 12.0. The van der Waals surface area contributed by atoms with Gasteiger partial charge in [0.1, 0.15) is 0 Å². The summed E-state index contributed by atoms with van der Waals surface area (Å²) in [7, 11) is 0.781. The summed E-state index contributed by atoms with van der Waals surface area (Å²) in [5, 5.41) is 0. The molecule has 0 saturated carbocycles. The number of nitrogens with one attached hydrogen (secondary N) is 2. The van der Waals surface area contributed by atoms with Crippen molar-refractivity contribution in [3.63, 3.8) is 0 Å². The molecule has 0 aromatic heterocycles. The molecule has 2 N–H and O–H groups in total. The maximum atomic E-state index is 3.32. The van der Waals surface area contributed by atoms with Crippen molar-refractivity contribution in [1.29, 1.82) is 0 Å². The van der Waals surface area contributed by atoms with Crippen molar-refractivity contribution < 1.29 is 0 Å². The van der Waals surface area contributed by atoms with E-state index in [1.807, 2.05) is 13.3 Å². The molecular weight excluding hydrogens is 136 g/mol. The quantitative estimate of drug-likeness (QED) is 0.459. The Bertz CT molecular complexity index is 67.1. The van der Waals surface area contributed by atoms with Gasteiger partial charge < -0.3 is 4.98 Å². The molecule has 0 aliphatic carbocycles. The molecule has 8 heavy (non-hydrogen) atoms. The molecule has 0 bridgehead atoms. The maximum absolute atomic E-state index is 3.32. The Morgan fingerprint density at radius 1 is 1.38 bits per heavy atom. The molecule has 0 fully saturated rings. The average molecular weight is 150 g/mol. The molecule has 0 saturated heterocycles. The molecule has 0 radical (unpaired) electrons. The molecule has 0 aromatic rings. The van der Waals surface area contributed by atoms with Crippen molar-refractivity contribution in [2.24, 2.45) is 0 Å². The van der Waals surface area contributed by atoms with Gasteiger partial charge in [-0.25, -0.2) is 0 Å². The number of hydrogen-bond acceptors (Lipinski definition) is 3. The Labute approximate surface area is 56.7 Å². The molecule has 4 heteroatoms. The van der Waals surface area contributed by atoms with Crippen LogP contribution in [0, 0.1) is 0 Å². The molecule has 0 aliphatic heterocycles. The van der Waals surface area contributed by atoms with Crippen LogP contribution < -0.4 is 9.37 Å². The largest absolute Gasteiger partial charge is 0.328 e. The van der Waals surface area contributed by atoms with Crippen LogP contribution in [0.2, 0.25) is 13.1 Å². The Kier molecular flexibility index (Phi) is 3.71. The van der Waals surface area contributed by atoms with Gasteiger partial charge in [0.2, 0.25) is 8.40 Å². The van der Waals surface area contributed by atoms with Crippen molar-refractivity contribution >= 4 is 20.3 Å². The second-order valence-corrected chi connectivity index (χ2v) is 7.16. The van der Waals surface area contributed by atoms with Crippen LogP contribution in [-0.2, 0) is 0 Å². The maximum Gasteiger partial charge on any atom is 0.204 e. The van der Waals surface area contributed by atoms with Crippen molar-refractivity contribution in [2.45, 2.75) is 13.1 Å². The first-order valence-corrected chi connectivity index (χ1v) is 6.84. The van der Waals surface area contributed by atoms with Gasteiger partial charge in [0.25, 0.3) is 0 Å². The lowest BCUT2D eigenvalue weighted by Crippen LogP contribution is -2.52. The monoisotopic (exact) mass is 150 g/mol. The van der Waals surface area contributed by atoms with Crippen LogP contribution in [0.15, 0.2) is 0 Å². The van der Waals surface area contributed by atoms with Gasteiger partial charge in [0.05, 0.1) is 0 Å². The molecule has 50 valence electrons. The van der Waals surface area contributed by atoms with Crippen LogP contribution >= 0.6 is 11.9 Å². The highest BCUT2D eigenvalue weighted by Crippen LogP contribution is 1.94. The first-order chi connectivity index (χ1) is 3.62. The Morgan fingerprint density at radius 3 is 2.00 bits per heavy atom. The van der Waals surface area contributed by atoms with E-state index in [-0.39, 0.29) is 0 Å².